The zero-order valence-corrected chi connectivity index (χ0v) is 17.8. The third kappa shape index (κ3) is 4.60. The fourth-order valence-electron chi connectivity index (χ4n) is 3.95. The monoisotopic (exact) mass is 428 g/mol. The molecule has 1 saturated heterocycles. The van der Waals surface area contributed by atoms with E-state index in [1.54, 1.807) is 22.5 Å². The molecule has 0 amide bonds. The van der Waals surface area contributed by atoms with Crippen LogP contribution in [-0.2, 0) is 16.6 Å². The Labute approximate surface area is 178 Å². The largest absolute Gasteiger partial charge is 0.493 e. The maximum atomic E-state index is 12.9. The Kier molecular flexibility index (Phi) is 6.24. The Morgan fingerprint density at radius 3 is 2.77 bits per heavy atom. The molecule has 3 N–H and O–H groups in total. The number of ether oxygens (including phenoxy) is 1. The van der Waals surface area contributed by atoms with E-state index in [0.717, 1.165) is 42.6 Å². The quantitative estimate of drug-likeness (QED) is 0.564. The van der Waals surface area contributed by atoms with Crippen molar-refractivity contribution in [2.45, 2.75) is 43.2 Å². The first-order valence-electron chi connectivity index (χ1n) is 10.4. The predicted octanol–water partition coefficient (Wildman–Crippen LogP) is 2.79. The minimum absolute atomic E-state index is 0.0458. The van der Waals surface area contributed by atoms with Gasteiger partial charge >= 0.3 is 0 Å². The molecule has 0 bridgehead atoms. The van der Waals surface area contributed by atoms with Gasteiger partial charge < -0.3 is 15.8 Å². The Bertz CT molecular complexity index is 1020. The second kappa shape index (κ2) is 9.06. The van der Waals surface area contributed by atoms with Gasteiger partial charge in [0.25, 0.3) is 0 Å². The van der Waals surface area contributed by atoms with Crippen molar-refractivity contribution in [1.29, 1.82) is 0 Å². The molecule has 2 aromatic carbocycles. The lowest BCUT2D eigenvalue weighted by Crippen LogP contribution is -2.37. The molecule has 30 heavy (non-hydrogen) atoms. The summed E-state index contributed by atoms with van der Waals surface area (Å²) in [6.45, 7) is 2.12. The van der Waals surface area contributed by atoms with Crippen molar-refractivity contribution in [3.8, 4) is 5.75 Å². The number of guanidine groups is 1. The first kappa shape index (κ1) is 20.7. The Balaban J connectivity index is 1.44. The van der Waals surface area contributed by atoms with E-state index in [9.17, 15) is 8.42 Å². The first-order valence-corrected chi connectivity index (χ1v) is 11.9. The number of sulfonamides is 1. The fourth-order valence-corrected chi connectivity index (χ4v) is 5.54. The molecule has 2 aromatic rings. The second-order valence-electron chi connectivity index (χ2n) is 7.69. The van der Waals surface area contributed by atoms with Crippen LogP contribution in [0.25, 0.3) is 0 Å². The van der Waals surface area contributed by atoms with E-state index in [4.69, 9.17) is 10.5 Å². The highest BCUT2D eigenvalue weighted by Gasteiger charge is 2.26. The lowest BCUT2D eigenvalue weighted by Gasteiger charge is -2.27. The van der Waals surface area contributed by atoms with Crippen LogP contribution in [0.3, 0.4) is 0 Å². The third-order valence-electron chi connectivity index (χ3n) is 5.56. The fraction of sp³-hybridized carbons (Fsp3) is 0.409. The van der Waals surface area contributed by atoms with Gasteiger partial charge in [0.1, 0.15) is 5.75 Å². The normalized spacial score (nSPS) is 20.3. The summed E-state index contributed by atoms with van der Waals surface area (Å²) >= 11 is 0. The molecule has 0 saturated carbocycles. The number of nitrogens with two attached hydrogens (primary N) is 1. The molecule has 1 unspecified atom stereocenters. The second-order valence-corrected chi connectivity index (χ2v) is 9.62. The molecule has 160 valence electrons. The minimum Gasteiger partial charge on any atom is -0.493 e. The summed E-state index contributed by atoms with van der Waals surface area (Å²) in [6, 6.07) is 14.9. The molecule has 2 aliphatic heterocycles. The van der Waals surface area contributed by atoms with Crippen LogP contribution in [0.5, 0.6) is 5.75 Å². The maximum Gasteiger partial charge on any atom is 0.243 e. The number of fused-ring (bicyclic) bond motifs is 1. The van der Waals surface area contributed by atoms with Gasteiger partial charge in [0, 0.05) is 25.1 Å². The maximum absolute atomic E-state index is 12.9. The van der Waals surface area contributed by atoms with E-state index in [1.165, 1.54) is 0 Å². The van der Waals surface area contributed by atoms with Crippen molar-refractivity contribution in [2.24, 2.45) is 10.7 Å². The highest BCUT2D eigenvalue weighted by molar-refractivity contribution is 7.89. The lowest BCUT2D eigenvalue weighted by molar-refractivity contribution is 0.262. The Hall–Kier alpha value is -2.58. The summed E-state index contributed by atoms with van der Waals surface area (Å²) in [5.41, 5.74) is 8.00. The molecule has 1 fully saturated rings. The number of benzene rings is 2. The van der Waals surface area contributed by atoms with Gasteiger partial charge in [0.15, 0.2) is 5.96 Å². The highest BCUT2D eigenvalue weighted by Crippen LogP contribution is 2.31. The van der Waals surface area contributed by atoms with Gasteiger partial charge in [-0.25, -0.2) is 13.4 Å². The SMILES string of the molecule is NC(=NCc1cccc(S(=O)(=O)N2CCCCC2)c1)NC1CCOc2ccccc21. The van der Waals surface area contributed by atoms with Gasteiger partial charge in [-0.2, -0.15) is 4.31 Å². The number of piperidine rings is 1. The van der Waals surface area contributed by atoms with Crippen molar-refractivity contribution < 1.29 is 13.2 Å². The van der Waals surface area contributed by atoms with E-state index < -0.39 is 10.0 Å². The van der Waals surface area contributed by atoms with Crippen molar-refractivity contribution >= 4 is 16.0 Å². The number of para-hydroxylation sites is 1. The molecule has 8 heteroatoms. The minimum atomic E-state index is -3.46. The molecule has 0 aliphatic carbocycles. The van der Waals surface area contributed by atoms with Gasteiger partial charge in [0.05, 0.1) is 24.1 Å². The zero-order chi connectivity index (χ0) is 21.0. The van der Waals surface area contributed by atoms with Crippen LogP contribution in [0.1, 0.15) is 42.9 Å². The van der Waals surface area contributed by atoms with Crippen LogP contribution in [0.4, 0.5) is 0 Å². The molecule has 0 spiro atoms. The van der Waals surface area contributed by atoms with Gasteiger partial charge in [-0.15, -0.1) is 0 Å². The number of aliphatic imine (C=N–C) groups is 1. The van der Waals surface area contributed by atoms with Crippen LogP contribution in [0.15, 0.2) is 58.4 Å². The standard InChI is InChI=1S/C22H28N4O3S/c23-22(25-20-11-14-29-21-10-3-2-9-19(20)21)24-16-17-7-6-8-18(15-17)30(27,28)26-12-4-1-5-13-26/h2-3,6-10,15,20H,1,4-5,11-14,16H2,(H3,23,24,25). The highest BCUT2D eigenvalue weighted by atomic mass is 32.2. The Morgan fingerprint density at radius 2 is 1.93 bits per heavy atom. The van der Waals surface area contributed by atoms with Gasteiger partial charge in [-0.05, 0) is 36.6 Å². The van der Waals surface area contributed by atoms with E-state index >= 15 is 0 Å². The van der Waals surface area contributed by atoms with Crippen molar-refractivity contribution in [3.05, 3.63) is 59.7 Å². The summed E-state index contributed by atoms with van der Waals surface area (Å²) < 4.78 is 33.1. The lowest BCUT2D eigenvalue weighted by atomic mass is 10.0. The smallest absolute Gasteiger partial charge is 0.243 e. The average Bonchev–Trinajstić information content (AvgIpc) is 2.79. The van der Waals surface area contributed by atoms with Gasteiger partial charge in [-0.3, -0.25) is 0 Å². The van der Waals surface area contributed by atoms with E-state index in [0.29, 0.717) is 37.1 Å². The summed E-state index contributed by atoms with van der Waals surface area (Å²) in [4.78, 5) is 4.75. The molecule has 1 atom stereocenters. The van der Waals surface area contributed by atoms with Crippen LogP contribution in [0, 0.1) is 0 Å². The van der Waals surface area contributed by atoms with E-state index in [-0.39, 0.29) is 6.04 Å². The summed E-state index contributed by atoms with van der Waals surface area (Å²) in [5.74, 6) is 1.20. The number of hydrogen-bond donors (Lipinski definition) is 2. The molecule has 2 heterocycles. The average molecular weight is 429 g/mol. The molecule has 0 aromatic heterocycles. The zero-order valence-electron chi connectivity index (χ0n) is 17.0. The summed E-state index contributed by atoms with van der Waals surface area (Å²) in [5, 5.41) is 3.26. The number of hydrogen-bond acceptors (Lipinski definition) is 4. The number of nitrogens with one attached hydrogen (secondary N) is 1. The predicted molar refractivity (Wildman–Crippen MR) is 117 cm³/mol. The third-order valence-corrected chi connectivity index (χ3v) is 7.46. The van der Waals surface area contributed by atoms with Gasteiger partial charge in [-0.1, -0.05) is 36.8 Å². The molecular weight excluding hydrogens is 400 g/mol. The topological polar surface area (TPSA) is 97.0 Å². The number of nitrogens with zero attached hydrogens (tertiary/aromatic N) is 2. The van der Waals surface area contributed by atoms with Crippen molar-refractivity contribution in [3.63, 3.8) is 0 Å². The van der Waals surface area contributed by atoms with Crippen LogP contribution < -0.4 is 15.8 Å². The van der Waals surface area contributed by atoms with Crippen LogP contribution in [-0.4, -0.2) is 38.4 Å². The van der Waals surface area contributed by atoms with Gasteiger partial charge in [0.2, 0.25) is 10.0 Å². The Morgan fingerprint density at radius 1 is 1.13 bits per heavy atom. The molecule has 0 radical (unpaired) electrons. The number of rotatable bonds is 5. The molecule has 4 rings (SSSR count). The molecule has 7 nitrogen and oxygen atoms in total. The van der Waals surface area contributed by atoms with Crippen LogP contribution >= 0.6 is 0 Å². The van der Waals surface area contributed by atoms with E-state index in [1.807, 2.05) is 30.3 Å². The van der Waals surface area contributed by atoms with Crippen molar-refractivity contribution in [2.75, 3.05) is 19.7 Å². The first-order chi connectivity index (χ1) is 14.5. The summed E-state index contributed by atoms with van der Waals surface area (Å²) in [7, 11) is -3.46. The summed E-state index contributed by atoms with van der Waals surface area (Å²) in [6.07, 6.45) is 3.73. The van der Waals surface area contributed by atoms with E-state index in [2.05, 4.69) is 10.3 Å². The molecule has 2 aliphatic rings. The van der Waals surface area contributed by atoms with Crippen molar-refractivity contribution in [1.82, 2.24) is 9.62 Å². The van der Waals surface area contributed by atoms with Crippen LogP contribution in [0.2, 0.25) is 0 Å². The molecular formula is C22H28N4O3S.